The highest BCUT2D eigenvalue weighted by Gasteiger charge is 2.32. The van der Waals surface area contributed by atoms with Crippen LogP contribution in [0.3, 0.4) is 0 Å². The number of hydrogen-bond donors (Lipinski definition) is 2. The first-order valence-corrected chi connectivity index (χ1v) is 15.2. The Morgan fingerprint density at radius 2 is 1.83 bits per heavy atom. The highest BCUT2D eigenvalue weighted by Crippen LogP contribution is 2.40. The minimum absolute atomic E-state index is 0.0407. The van der Waals surface area contributed by atoms with E-state index in [4.69, 9.17) is 4.74 Å². The first kappa shape index (κ1) is 32.9. The van der Waals surface area contributed by atoms with Crippen LogP contribution >= 0.6 is 0 Å². The number of hydrogen-bond acceptors (Lipinski definition) is 5. The number of fused-ring (bicyclic) bond motifs is 1. The summed E-state index contributed by atoms with van der Waals surface area (Å²) < 4.78 is 62.7. The lowest BCUT2D eigenvalue weighted by Crippen LogP contribution is -2.41. The summed E-state index contributed by atoms with van der Waals surface area (Å²) in [5, 5.41) is 9.27. The molecule has 0 saturated carbocycles. The van der Waals surface area contributed by atoms with Crippen LogP contribution in [0, 0.1) is 5.95 Å². The molecule has 0 unspecified atom stereocenters. The lowest BCUT2D eigenvalue weighted by Gasteiger charge is -2.31. The quantitative estimate of drug-likeness (QED) is 0.114. The van der Waals surface area contributed by atoms with Crippen molar-refractivity contribution in [3.63, 3.8) is 0 Å². The second-order valence-electron chi connectivity index (χ2n) is 12.5. The number of nitrogens with one attached hydrogen (secondary N) is 2. The number of likely N-dealkylation sites (tertiary alicyclic amines) is 1. The molecule has 1 fully saturated rings. The molecule has 1 aliphatic heterocycles. The summed E-state index contributed by atoms with van der Waals surface area (Å²) in [6, 6.07) is 16.4. The zero-order chi connectivity index (χ0) is 32.9. The Balaban J connectivity index is 1.40. The summed E-state index contributed by atoms with van der Waals surface area (Å²) in [5.41, 5.74) is 1.69. The maximum Gasteiger partial charge on any atom is 0.393 e. The summed E-state index contributed by atoms with van der Waals surface area (Å²) >= 11 is 0. The van der Waals surface area contributed by atoms with E-state index in [1.165, 1.54) is 12.3 Å². The monoisotopic (exact) mass is 635 g/mol. The van der Waals surface area contributed by atoms with Crippen molar-refractivity contribution in [2.75, 3.05) is 19.6 Å². The second kappa shape index (κ2) is 13.9. The number of carbonyl (C=O) groups excluding carboxylic acids is 1. The number of benzene rings is 2. The van der Waals surface area contributed by atoms with Crippen molar-refractivity contribution < 1.29 is 27.1 Å². The van der Waals surface area contributed by atoms with Gasteiger partial charge in [0.2, 0.25) is 17.7 Å². The van der Waals surface area contributed by atoms with Gasteiger partial charge < -0.3 is 10.1 Å². The number of aromatic amines is 1. The molecule has 0 radical (unpaired) electrons. The van der Waals surface area contributed by atoms with E-state index in [-0.39, 0.29) is 34.1 Å². The van der Waals surface area contributed by atoms with Gasteiger partial charge in [-0.05, 0) is 80.6 Å². The molecule has 2 aromatic heterocycles. The molecular weight excluding hydrogens is 598 g/mol. The summed E-state index contributed by atoms with van der Waals surface area (Å²) in [4.78, 5) is 18.8. The molecule has 3 heterocycles. The normalized spacial score (nSPS) is 16.9. The van der Waals surface area contributed by atoms with Gasteiger partial charge in [0.15, 0.2) is 0 Å². The van der Waals surface area contributed by atoms with Crippen molar-refractivity contribution in [2.45, 2.75) is 57.9 Å². The Bertz CT molecular complexity index is 1710. The highest BCUT2D eigenvalue weighted by molar-refractivity contribution is 6.00. The van der Waals surface area contributed by atoms with Crippen molar-refractivity contribution in [2.24, 2.45) is 0 Å². The second-order valence-corrected chi connectivity index (χ2v) is 12.5. The first-order valence-electron chi connectivity index (χ1n) is 15.2. The summed E-state index contributed by atoms with van der Waals surface area (Å²) in [6.45, 7) is 7.88. The molecule has 242 valence electrons. The molecule has 1 atom stereocenters. The van der Waals surface area contributed by atoms with E-state index < -0.39 is 18.5 Å². The molecule has 0 spiro atoms. The van der Waals surface area contributed by atoms with E-state index in [1.807, 2.05) is 26.8 Å². The molecule has 5 rings (SSSR count). The van der Waals surface area contributed by atoms with Crippen molar-refractivity contribution in [1.82, 2.24) is 25.4 Å². The number of rotatable bonds is 9. The number of piperidine rings is 1. The summed E-state index contributed by atoms with van der Waals surface area (Å²) in [7, 11) is 0. The number of ether oxygens (including phenoxy) is 1. The smallest absolute Gasteiger partial charge is 0.393 e. The van der Waals surface area contributed by atoms with Crippen LogP contribution in [0.25, 0.3) is 22.0 Å². The van der Waals surface area contributed by atoms with Gasteiger partial charge in [0, 0.05) is 42.5 Å². The molecule has 1 saturated heterocycles. The van der Waals surface area contributed by atoms with Gasteiger partial charge in [-0.1, -0.05) is 42.5 Å². The SMILES string of the molecule is CC(C)(C)NC(=O)/C=C/CN1CCC[C@@H](Oc2ccc(/C(=C(/CC(F)(F)F)c3ccccc3)c3ccc4[nH]nc(F)c4c3)cn2)C1. The molecular formula is C35H37F4N5O2. The summed E-state index contributed by atoms with van der Waals surface area (Å²) in [5.74, 6) is -0.528. The molecule has 2 N–H and O–H groups in total. The van der Waals surface area contributed by atoms with Gasteiger partial charge in [0.25, 0.3) is 0 Å². The molecule has 7 nitrogen and oxygen atoms in total. The van der Waals surface area contributed by atoms with Gasteiger partial charge in [-0.15, -0.1) is 5.10 Å². The minimum atomic E-state index is -4.50. The zero-order valence-corrected chi connectivity index (χ0v) is 26.0. The van der Waals surface area contributed by atoms with Crippen molar-refractivity contribution in [3.05, 3.63) is 102 Å². The van der Waals surface area contributed by atoms with Crippen molar-refractivity contribution in [3.8, 4) is 5.88 Å². The fourth-order valence-corrected chi connectivity index (χ4v) is 5.59. The Hall–Kier alpha value is -4.51. The number of carbonyl (C=O) groups is 1. The van der Waals surface area contributed by atoms with Gasteiger partial charge in [0.1, 0.15) is 6.10 Å². The van der Waals surface area contributed by atoms with Crippen LogP contribution in [0.15, 0.2) is 79.0 Å². The fraction of sp³-hybridized carbons (Fsp3) is 0.343. The maximum atomic E-state index is 14.5. The summed E-state index contributed by atoms with van der Waals surface area (Å²) in [6.07, 6.45) is 0.760. The third-order valence-corrected chi connectivity index (χ3v) is 7.51. The van der Waals surface area contributed by atoms with E-state index in [0.29, 0.717) is 41.2 Å². The highest BCUT2D eigenvalue weighted by atomic mass is 19.4. The molecule has 11 heteroatoms. The lowest BCUT2D eigenvalue weighted by molar-refractivity contribution is -0.123. The predicted octanol–water partition coefficient (Wildman–Crippen LogP) is 7.32. The van der Waals surface area contributed by atoms with Crippen LogP contribution in [-0.4, -0.2) is 63.4 Å². The van der Waals surface area contributed by atoms with Crippen LogP contribution in [-0.2, 0) is 4.79 Å². The number of H-pyrrole nitrogens is 1. The molecule has 1 amide bonds. The standard InChI is InChI=1S/C35H37F4N5O2/c1-34(2,3)41-30(45)12-8-18-44-17-7-11-26(22-44)46-31-16-14-25(21-40-31)32(24-13-15-29-27(19-24)33(36)43-42-29)28(20-35(37,38)39)23-9-5-4-6-10-23/h4-6,8-10,12-16,19,21,26H,7,11,17-18,20,22H2,1-3H3,(H,41,45)(H,42,43)/b12-8+,32-28-/t26-/m1/s1. The van der Waals surface area contributed by atoms with Gasteiger partial charge in [-0.2, -0.15) is 17.6 Å². The Labute approximate surface area is 265 Å². The van der Waals surface area contributed by atoms with Gasteiger partial charge >= 0.3 is 6.18 Å². The predicted molar refractivity (Wildman–Crippen MR) is 170 cm³/mol. The molecule has 2 aromatic carbocycles. The van der Waals surface area contributed by atoms with E-state index in [9.17, 15) is 22.4 Å². The Morgan fingerprint density at radius 3 is 2.52 bits per heavy atom. The van der Waals surface area contributed by atoms with Crippen LogP contribution in [0.1, 0.15) is 56.7 Å². The topological polar surface area (TPSA) is 83.1 Å². The number of allylic oxidation sites excluding steroid dienone is 1. The number of alkyl halides is 3. The number of nitrogens with zero attached hydrogens (tertiary/aromatic N) is 3. The fourth-order valence-electron chi connectivity index (χ4n) is 5.59. The van der Waals surface area contributed by atoms with Crippen LogP contribution < -0.4 is 10.1 Å². The van der Waals surface area contributed by atoms with Gasteiger partial charge in [0.05, 0.1) is 17.3 Å². The zero-order valence-electron chi connectivity index (χ0n) is 26.0. The van der Waals surface area contributed by atoms with Gasteiger partial charge in [-0.3, -0.25) is 14.8 Å². The molecule has 4 aromatic rings. The third-order valence-electron chi connectivity index (χ3n) is 7.51. The third kappa shape index (κ3) is 8.81. The Morgan fingerprint density at radius 1 is 1.07 bits per heavy atom. The van der Waals surface area contributed by atoms with Crippen molar-refractivity contribution in [1.29, 1.82) is 0 Å². The van der Waals surface area contributed by atoms with E-state index in [0.717, 1.165) is 19.4 Å². The number of aromatic nitrogens is 3. The molecule has 1 aliphatic rings. The lowest BCUT2D eigenvalue weighted by atomic mass is 9.88. The average Bonchev–Trinajstić information content (AvgIpc) is 3.36. The molecule has 46 heavy (non-hydrogen) atoms. The molecule has 0 aliphatic carbocycles. The maximum absolute atomic E-state index is 14.5. The average molecular weight is 636 g/mol. The largest absolute Gasteiger partial charge is 0.473 e. The van der Waals surface area contributed by atoms with Crippen LogP contribution in [0.5, 0.6) is 5.88 Å². The first-order chi connectivity index (χ1) is 21.8. The van der Waals surface area contributed by atoms with Crippen LogP contribution in [0.2, 0.25) is 0 Å². The number of pyridine rings is 1. The number of amides is 1. The molecule has 0 bridgehead atoms. The van der Waals surface area contributed by atoms with Crippen LogP contribution in [0.4, 0.5) is 17.6 Å². The van der Waals surface area contributed by atoms with Crippen molar-refractivity contribution >= 4 is 28.0 Å². The minimum Gasteiger partial charge on any atom is -0.473 e. The Kier molecular flexibility index (Phi) is 9.91. The van der Waals surface area contributed by atoms with E-state index in [1.54, 1.807) is 60.7 Å². The number of halogens is 4. The van der Waals surface area contributed by atoms with E-state index >= 15 is 0 Å². The van der Waals surface area contributed by atoms with E-state index in [2.05, 4.69) is 25.4 Å². The van der Waals surface area contributed by atoms with Gasteiger partial charge in [-0.25, -0.2) is 4.98 Å².